The number of hydrogen-bond acceptors (Lipinski definition) is 7. The van der Waals surface area contributed by atoms with Gasteiger partial charge in [0, 0.05) is 38.9 Å². The van der Waals surface area contributed by atoms with Crippen LogP contribution in [0.4, 0.5) is 5.82 Å². The summed E-state index contributed by atoms with van der Waals surface area (Å²) in [6.07, 6.45) is 7.48. The van der Waals surface area contributed by atoms with E-state index in [1.54, 1.807) is 0 Å². The van der Waals surface area contributed by atoms with E-state index in [0.717, 1.165) is 56.4 Å². The van der Waals surface area contributed by atoms with Gasteiger partial charge in [-0.15, -0.1) is 0 Å². The molecule has 0 amide bonds. The molecule has 2 saturated heterocycles. The van der Waals surface area contributed by atoms with Gasteiger partial charge in [-0.1, -0.05) is 0 Å². The van der Waals surface area contributed by atoms with E-state index in [-0.39, 0.29) is 6.10 Å². The molecule has 7 heteroatoms. The van der Waals surface area contributed by atoms with Crippen molar-refractivity contribution in [2.24, 2.45) is 0 Å². The highest BCUT2D eigenvalue weighted by Crippen LogP contribution is 2.30. The number of rotatable bonds is 5. The molecule has 0 aromatic carbocycles. The molecule has 2 fully saturated rings. The fourth-order valence-electron chi connectivity index (χ4n) is 3.34. The van der Waals surface area contributed by atoms with Crippen molar-refractivity contribution in [1.29, 1.82) is 0 Å². The standard InChI is InChI=1S/C16H21N5OS/c1-2-8-21(7-1)16-15(4-3-6-17-16)22-14-5-9-20(12-14)11-13-10-18-23-19-13/h3-4,6,10,14H,1-2,5,7-9,11-12H2/t14-/m0/s1. The maximum atomic E-state index is 6.29. The molecule has 6 nitrogen and oxygen atoms in total. The maximum absolute atomic E-state index is 6.29. The van der Waals surface area contributed by atoms with Crippen LogP contribution in [0.15, 0.2) is 24.5 Å². The third kappa shape index (κ3) is 3.45. The molecule has 0 radical (unpaired) electrons. The summed E-state index contributed by atoms with van der Waals surface area (Å²) in [4.78, 5) is 9.27. The quantitative estimate of drug-likeness (QED) is 0.837. The van der Waals surface area contributed by atoms with Crippen molar-refractivity contribution in [2.75, 3.05) is 31.1 Å². The zero-order valence-corrected chi connectivity index (χ0v) is 13.9. The number of likely N-dealkylation sites (tertiary alicyclic amines) is 1. The van der Waals surface area contributed by atoms with Crippen LogP contribution in [0.2, 0.25) is 0 Å². The molecule has 0 spiro atoms. The highest BCUT2D eigenvalue weighted by molar-refractivity contribution is 6.99. The van der Waals surface area contributed by atoms with Gasteiger partial charge in [-0.25, -0.2) is 4.98 Å². The smallest absolute Gasteiger partial charge is 0.171 e. The predicted molar refractivity (Wildman–Crippen MR) is 89.9 cm³/mol. The van der Waals surface area contributed by atoms with Crippen LogP contribution in [-0.4, -0.2) is 50.9 Å². The average molecular weight is 331 g/mol. The zero-order valence-electron chi connectivity index (χ0n) is 13.1. The molecule has 122 valence electrons. The molecule has 0 unspecified atom stereocenters. The summed E-state index contributed by atoms with van der Waals surface area (Å²) in [5.74, 6) is 1.93. The van der Waals surface area contributed by atoms with E-state index in [4.69, 9.17) is 4.74 Å². The fourth-order valence-corrected chi connectivity index (χ4v) is 3.77. The molecule has 2 aliphatic rings. The van der Waals surface area contributed by atoms with Crippen LogP contribution in [0.25, 0.3) is 0 Å². The zero-order chi connectivity index (χ0) is 15.5. The summed E-state index contributed by atoms with van der Waals surface area (Å²) >= 11 is 1.27. The first-order chi connectivity index (χ1) is 11.4. The predicted octanol–water partition coefficient (Wildman–Crippen LogP) is 2.19. The molecule has 1 atom stereocenters. The molecule has 4 rings (SSSR count). The van der Waals surface area contributed by atoms with Gasteiger partial charge in [-0.05, 0) is 31.4 Å². The Labute approximate surface area is 140 Å². The van der Waals surface area contributed by atoms with Crippen molar-refractivity contribution >= 4 is 17.5 Å². The summed E-state index contributed by atoms with van der Waals surface area (Å²) in [5, 5.41) is 0. The molecule has 0 aliphatic carbocycles. The van der Waals surface area contributed by atoms with Crippen molar-refractivity contribution in [3.63, 3.8) is 0 Å². The van der Waals surface area contributed by atoms with Crippen LogP contribution >= 0.6 is 11.7 Å². The molecule has 4 heterocycles. The van der Waals surface area contributed by atoms with Crippen molar-refractivity contribution in [3.05, 3.63) is 30.2 Å². The number of hydrogen-bond donors (Lipinski definition) is 0. The molecule has 2 aromatic heterocycles. The first kappa shape index (κ1) is 14.8. The Morgan fingerprint density at radius 1 is 1.26 bits per heavy atom. The number of ether oxygens (including phenoxy) is 1. The summed E-state index contributed by atoms with van der Waals surface area (Å²) in [6.45, 7) is 5.01. The maximum Gasteiger partial charge on any atom is 0.171 e. The molecule has 2 aliphatic heterocycles. The monoisotopic (exact) mass is 331 g/mol. The second-order valence-corrected chi connectivity index (χ2v) is 6.74. The van der Waals surface area contributed by atoms with Crippen molar-refractivity contribution in [3.8, 4) is 5.75 Å². The summed E-state index contributed by atoms with van der Waals surface area (Å²) in [7, 11) is 0. The Kier molecular flexibility index (Phi) is 4.39. The molecule has 0 N–H and O–H groups in total. The lowest BCUT2D eigenvalue weighted by Gasteiger charge is -2.22. The van der Waals surface area contributed by atoms with E-state index >= 15 is 0 Å². The largest absolute Gasteiger partial charge is 0.485 e. The lowest BCUT2D eigenvalue weighted by atomic mass is 10.3. The highest BCUT2D eigenvalue weighted by atomic mass is 32.1. The van der Waals surface area contributed by atoms with Crippen LogP contribution < -0.4 is 9.64 Å². The van der Waals surface area contributed by atoms with Crippen molar-refractivity contribution < 1.29 is 4.74 Å². The molecular formula is C16H21N5OS. The van der Waals surface area contributed by atoms with Crippen LogP contribution in [0.1, 0.15) is 25.0 Å². The number of aromatic nitrogens is 3. The van der Waals surface area contributed by atoms with Crippen LogP contribution in [0.3, 0.4) is 0 Å². The lowest BCUT2D eigenvalue weighted by molar-refractivity contribution is 0.198. The second kappa shape index (κ2) is 6.80. The van der Waals surface area contributed by atoms with Gasteiger partial charge in [0.15, 0.2) is 11.6 Å². The minimum Gasteiger partial charge on any atom is -0.485 e. The SMILES string of the molecule is c1cnc(N2CCCC2)c(O[C@H]2CCN(Cc3cnsn3)C2)c1. The fraction of sp³-hybridized carbons (Fsp3) is 0.562. The Balaban J connectivity index is 1.39. The van der Waals surface area contributed by atoms with Gasteiger partial charge in [-0.2, -0.15) is 8.75 Å². The van der Waals surface area contributed by atoms with Gasteiger partial charge in [-0.3, -0.25) is 4.90 Å². The third-order valence-corrected chi connectivity index (χ3v) is 4.99. The Hall–Kier alpha value is -1.73. The summed E-state index contributed by atoms with van der Waals surface area (Å²) in [6, 6.07) is 4.01. The topological polar surface area (TPSA) is 54.4 Å². The van der Waals surface area contributed by atoms with Gasteiger partial charge >= 0.3 is 0 Å². The van der Waals surface area contributed by atoms with Gasteiger partial charge < -0.3 is 9.64 Å². The Bertz CT molecular complexity index is 629. The summed E-state index contributed by atoms with van der Waals surface area (Å²) in [5.41, 5.74) is 1.05. The number of nitrogens with zero attached hydrogens (tertiary/aromatic N) is 5. The second-order valence-electron chi connectivity index (χ2n) is 6.18. The average Bonchev–Trinajstić information content (AvgIpc) is 3.31. The van der Waals surface area contributed by atoms with Gasteiger partial charge in [0.25, 0.3) is 0 Å². The normalized spacial score (nSPS) is 21.9. The highest BCUT2D eigenvalue weighted by Gasteiger charge is 2.26. The Morgan fingerprint density at radius 3 is 3.00 bits per heavy atom. The first-order valence-corrected chi connectivity index (χ1v) is 8.97. The molecule has 23 heavy (non-hydrogen) atoms. The van der Waals surface area contributed by atoms with Crippen molar-refractivity contribution in [1.82, 2.24) is 18.6 Å². The van der Waals surface area contributed by atoms with E-state index < -0.39 is 0 Å². The third-order valence-electron chi connectivity index (χ3n) is 4.47. The number of anilines is 1. The van der Waals surface area contributed by atoms with Gasteiger partial charge in [0.2, 0.25) is 0 Å². The molecule has 0 saturated carbocycles. The Morgan fingerprint density at radius 2 is 2.17 bits per heavy atom. The minimum atomic E-state index is 0.229. The first-order valence-electron chi connectivity index (χ1n) is 8.24. The minimum absolute atomic E-state index is 0.229. The van der Waals surface area contributed by atoms with E-state index in [1.165, 1.54) is 24.6 Å². The number of pyridine rings is 1. The van der Waals surface area contributed by atoms with Crippen LogP contribution in [-0.2, 0) is 6.54 Å². The van der Waals surface area contributed by atoms with E-state index in [9.17, 15) is 0 Å². The molecular weight excluding hydrogens is 310 g/mol. The molecule has 2 aromatic rings. The van der Waals surface area contributed by atoms with Gasteiger partial charge in [0.1, 0.15) is 6.10 Å². The molecule has 0 bridgehead atoms. The van der Waals surface area contributed by atoms with E-state index in [1.807, 2.05) is 24.5 Å². The van der Waals surface area contributed by atoms with Crippen LogP contribution in [0, 0.1) is 0 Å². The summed E-state index contributed by atoms with van der Waals surface area (Å²) < 4.78 is 14.6. The van der Waals surface area contributed by atoms with E-state index in [2.05, 4.69) is 23.5 Å². The van der Waals surface area contributed by atoms with Crippen LogP contribution in [0.5, 0.6) is 5.75 Å². The van der Waals surface area contributed by atoms with Gasteiger partial charge in [0.05, 0.1) is 23.6 Å². The van der Waals surface area contributed by atoms with Crippen molar-refractivity contribution in [2.45, 2.75) is 31.9 Å². The van der Waals surface area contributed by atoms with E-state index in [0.29, 0.717) is 0 Å². The lowest BCUT2D eigenvalue weighted by Crippen LogP contribution is -2.26.